The number of amides is 1. The van der Waals surface area contributed by atoms with E-state index in [2.05, 4.69) is 9.88 Å². The van der Waals surface area contributed by atoms with Crippen LogP contribution in [0.4, 0.5) is 8.78 Å². The van der Waals surface area contributed by atoms with Gasteiger partial charge in [0.05, 0.1) is 11.6 Å². The molecule has 2 fully saturated rings. The van der Waals surface area contributed by atoms with Crippen LogP contribution in [0.2, 0.25) is 0 Å². The molecule has 4 nitrogen and oxygen atoms in total. The standard InChI is InChI=1S/C26H25F2N3O/c1-17-10-20(14-29-13-17)26(32)30-15-23-8-9-24(16-30)31(23)25(18-4-2-6-21(27)11-18)19-5-3-7-22(28)12-19/h2-7,10-14,23-25H,8-9,15-16H2,1H3. The first-order valence-electron chi connectivity index (χ1n) is 11.0. The van der Waals surface area contributed by atoms with E-state index >= 15 is 0 Å². The van der Waals surface area contributed by atoms with Crippen molar-refractivity contribution in [2.24, 2.45) is 0 Å². The highest BCUT2D eigenvalue weighted by atomic mass is 19.1. The predicted octanol–water partition coefficient (Wildman–Crippen LogP) is 4.75. The van der Waals surface area contributed by atoms with Gasteiger partial charge in [-0.15, -0.1) is 0 Å². The zero-order valence-electron chi connectivity index (χ0n) is 17.9. The summed E-state index contributed by atoms with van der Waals surface area (Å²) in [4.78, 5) is 21.6. The molecule has 2 bridgehead atoms. The fraction of sp³-hybridized carbons (Fsp3) is 0.308. The Morgan fingerprint density at radius 2 is 1.53 bits per heavy atom. The summed E-state index contributed by atoms with van der Waals surface area (Å²) in [5, 5.41) is 0. The largest absolute Gasteiger partial charge is 0.335 e. The lowest BCUT2D eigenvalue weighted by atomic mass is 9.94. The van der Waals surface area contributed by atoms with E-state index in [-0.39, 0.29) is 35.7 Å². The van der Waals surface area contributed by atoms with Crippen molar-refractivity contribution in [1.29, 1.82) is 0 Å². The van der Waals surface area contributed by atoms with Crippen LogP contribution >= 0.6 is 0 Å². The van der Waals surface area contributed by atoms with Gasteiger partial charge in [0.1, 0.15) is 11.6 Å². The van der Waals surface area contributed by atoms with Crippen molar-refractivity contribution in [2.45, 2.75) is 37.9 Å². The van der Waals surface area contributed by atoms with Gasteiger partial charge in [-0.1, -0.05) is 24.3 Å². The number of hydrogen-bond donors (Lipinski definition) is 0. The van der Waals surface area contributed by atoms with Crippen molar-refractivity contribution in [2.75, 3.05) is 13.1 Å². The van der Waals surface area contributed by atoms with E-state index in [1.165, 1.54) is 24.3 Å². The number of aryl methyl sites for hydroxylation is 1. The highest BCUT2D eigenvalue weighted by molar-refractivity contribution is 5.94. The first kappa shape index (κ1) is 20.8. The Labute approximate surface area is 186 Å². The molecule has 1 aromatic heterocycles. The van der Waals surface area contributed by atoms with Crippen LogP contribution < -0.4 is 0 Å². The van der Waals surface area contributed by atoms with E-state index in [9.17, 15) is 13.6 Å². The van der Waals surface area contributed by atoms with Crippen molar-refractivity contribution in [3.05, 3.63) is 101 Å². The fourth-order valence-corrected chi connectivity index (χ4v) is 5.27. The minimum Gasteiger partial charge on any atom is -0.335 e. The number of rotatable bonds is 4. The molecule has 2 aliphatic heterocycles. The highest BCUT2D eigenvalue weighted by Gasteiger charge is 2.45. The number of nitrogens with zero attached hydrogens (tertiary/aromatic N) is 3. The molecule has 6 heteroatoms. The summed E-state index contributed by atoms with van der Waals surface area (Å²) in [5.74, 6) is -0.625. The van der Waals surface area contributed by atoms with Crippen LogP contribution in [0.3, 0.4) is 0 Å². The second-order valence-electron chi connectivity index (χ2n) is 8.81. The Morgan fingerprint density at radius 3 is 2.06 bits per heavy atom. The summed E-state index contributed by atoms with van der Waals surface area (Å²) in [5.41, 5.74) is 3.16. The Morgan fingerprint density at radius 1 is 0.938 bits per heavy atom. The van der Waals surface area contributed by atoms with Gasteiger partial charge in [0.15, 0.2) is 0 Å². The van der Waals surface area contributed by atoms with Gasteiger partial charge < -0.3 is 4.90 Å². The second kappa shape index (κ2) is 8.43. The molecular formula is C26H25F2N3O. The summed E-state index contributed by atoms with van der Waals surface area (Å²) >= 11 is 0. The maximum atomic E-state index is 14.1. The molecule has 2 aliphatic rings. The maximum Gasteiger partial charge on any atom is 0.255 e. The van der Waals surface area contributed by atoms with Gasteiger partial charge in [-0.05, 0) is 66.8 Å². The van der Waals surface area contributed by atoms with Crippen molar-refractivity contribution >= 4 is 5.91 Å². The number of pyridine rings is 1. The van der Waals surface area contributed by atoms with E-state index in [0.717, 1.165) is 29.5 Å². The molecule has 1 amide bonds. The van der Waals surface area contributed by atoms with Gasteiger partial charge in [0.25, 0.3) is 5.91 Å². The third-order valence-corrected chi connectivity index (χ3v) is 6.57. The van der Waals surface area contributed by atoms with Gasteiger partial charge in [0, 0.05) is 37.6 Å². The molecule has 2 atom stereocenters. The summed E-state index contributed by atoms with van der Waals surface area (Å²) in [6, 6.07) is 14.9. The maximum absolute atomic E-state index is 14.1. The number of hydrogen-bond acceptors (Lipinski definition) is 3. The third-order valence-electron chi connectivity index (χ3n) is 6.57. The number of benzene rings is 2. The molecule has 0 saturated carbocycles. The topological polar surface area (TPSA) is 36.4 Å². The van der Waals surface area contributed by atoms with Crippen molar-refractivity contribution < 1.29 is 13.6 Å². The molecule has 0 spiro atoms. The first-order chi connectivity index (χ1) is 15.5. The summed E-state index contributed by atoms with van der Waals surface area (Å²) in [6.07, 6.45) is 5.25. The number of carbonyl (C=O) groups is 1. The normalized spacial score (nSPS) is 20.7. The molecule has 3 heterocycles. The Hall–Kier alpha value is -3.12. The summed E-state index contributed by atoms with van der Waals surface area (Å²) in [6.45, 7) is 3.10. The second-order valence-corrected chi connectivity index (χ2v) is 8.81. The molecule has 0 aliphatic carbocycles. The van der Waals surface area contributed by atoms with Gasteiger partial charge in [-0.2, -0.15) is 0 Å². The minimum absolute atomic E-state index is 0.00851. The fourth-order valence-electron chi connectivity index (χ4n) is 5.27. The Kier molecular flexibility index (Phi) is 5.47. The lowest BCUT2D eigenvalue weighted by Gasteiger charge is -2.45. The minimum atomic E-state index is -0.308. The number of carbonyl (C=O) groups excluding carboxylic acids is 1. The van der Waals surface area contributed by atoms with Crippen molar-refractivity contribution in [3.63, 3.8) is 0 Å². The molecule has 2 saturated heterocycles. The van der Waals surface area contributed by atoms with Gasteiger partial charge in [0.2, 0.25) is 0 Å². The average Bonchev–Trinajstić information content (AvgIpc) is 3.02. The predicted molar refractivity (Wildman–Crippen MR) is 118 cm³/mol. The molecule has 3 aromatic rings. The number of fused-ring (bicyclic) bond motifs is 2. The molecule has 0 N–H and O–H groups in total. The highest BCUT2D eigenvalue weighted by Crippen LogP contribution is 2.41. The van der Waals surface area contributed by atoms with Crippen LogP contribution in [0.25, 0.3) is 0 Å². The zero-order chi connectivity index (χ0) is 22.2. The molecule has 32 heavy (non-hydrogen) atoms. The van der Waals surface area contributed by atoms with Crippen LogP contribution in [0.15, 0.2) is 67.0 Å². The average molecular weight is 434 g/mol. The molecule has 5 rings (SSSR count). The van der Waals surface area contributed by atoms with E-state index in [1.807, 2.05) is 30.0 Å². The van der Waals surface area contributed by atoms with Gasteiger partial charge in [-0.3, -0.25) is 14.7 Å². The lowest BCUT2D eigenvalue weighted by Crippen LogP contribution is -2.56. The molecular weight excluding hydrogens is 408 g/mol. The van der Waals surface area contributed by atoms with Crippen LogP contribution in [0.1, 0.15) is 45.9 Å². The number of aromatic nitrogens is 1. The smallest absolute Gasteiger partial charge is 0.255 e. The lowest BCUT2D eigenvalue weighted by molar-refractivity contribution is 0.0339. The van der Waals surface area contributed by atoms with Gasteiger partial charge >= 0.3 is 0 Å². The van der Waals surface area contributed by atoms with Gasteiger partial charge in [-0.25, -0.2) is 8.78 Å². The van der Waals surface area contributed by atoms with Crippen molar-refractivity contribution in [1.82, 2.24) is 14.8 Å². The SMILES string of the molecule is Cc1cncc(C(=O)N2CC3CCC(C2)N3C(c2cccc(F)c2)c2cccc(F)c2)c1. The molecule has 2 aromatic carbocycles. The van der Waals surface area contributed by atoms with Crippen LogP contribution in [0.5, 0.6) is 0 Å². The quantitative estimate of drug-likeness (QED) is 0.596. The summed E-state index contributed by atoms with van der Waals surface area (Å²) < 4.78 is 28.3. The van der Waals surface area contributed by atoms with E-state index in [1.54, 1.807) is 24.5 Å². The Balaban J connectivity index is 1.47. The zero-order valence-corrected chi connectivity index (χ0v) is 17.9. The molecule has 2 unspecified atom stereocenters. The molecule has 164 valence electrons. The summed E-state index contributed by atoms with van der Waals surface area (Å²) in [7, 11) is 0. The number of halogens is 2. The van der Waals surface area contributed by atoms with Crippen LogP contribution in [0, 0.1) is 18.6 Å². The number of likely N-dealkylation sites (tertiary alicyclic amines) is 1. The van der Waals surface area contributed by atoms with E-state index < -0.39 is 0 Å². The van der Waals surface area contributed by atoms with E-state index in [4.69, 9.17) is 0 Å². The van der Waals surface area contributed by atoms with E-state index in [0.29, 0.717) is 18.7 Å². The van der Waals surface area contributed by atoms with Crippen molar-refractivity contribution in [3.8, 4) is 0 Å². The first-order valence-corrected chi connectivity index (χ1v) is 11.0. The Bertz CT molecular complexity index is 1090. The number of piperazine rings is 1. The molecule has 0 radical (unpaired) electrons. The third kappa shape index (κ3) is 3.91. The van der Waals surface area contributed by atoms with Crippen LogP contribution in [-0.4, -0.2) is 45.9 Å². The van der Waals surface area contributed by atoms with Crippen LogP contribution in [-0.2, 0) is 0 Å². The monoisotopic (exact) mass is 433 g/mol.